The monoisotopic (exact) mass is 434 g/mol. The molecular weight excluding hydrogens is 411 g/mol. The molecule has 0 aliphatic carbocycles. The molecule has 3 heterocycles. The molecule has 32 heavy (non-hydrogen) atoms. The van der Waals surface area contributed by atoms with E-state index in [1.807, 2.05) is 18.2 Å². The molecule has 0 fully saturated rings. The number of ether oxygens (including phenoxy) is 2. The second kappa shape index (κ2) is 8.11. The fraction of sp³-hybridized carbons (Fsp3) is 0.292. The van der Waals surface area contributed by atoms with Crippen LogP contribution in [-0.4, -0.2) is 34.0 Å². The molecule has 1 aliphatic rings. The lowest BCUT2D eigenvalue weighted by atomic mass is 9.90. The third-order valence-electron chi connectivity index (χ3n) is 5.89. The van der Waals surface area contributed by atoms with Crippen molar-refractivity contribution in [3.05, 3.63) is 65.7 Å². The summed E-state index contributed by atoms with van der Waals surface area (Å²) in [5.74, 6) is 3.46. The van der Waals surface area contributed by atoms with Gasteiger partial charge in [-0.3, -0.25) is 0 Å². The lowest BCUT2D eigenvalue weighted by molar-refractivity contribution is 0.384. The minimum Gasteiger partial charge on any atom is -0.496 e. The van der Waals surface area contributed by atoms with Crippen LogP contribution in [0.1, 0.15) is 36.0 Å². The van der Waals surface area contributed by atoms with E-state index < -0.39 is 0 Å². The number of oxazole rings is 1. The van der Waals surface area contributed by atoms with Crippen molar-refractivity contribution >= 4 is 0 Å². The van der Waals surface area contributed by atoms with Crippen LogP contribution in [0.3, 0.4) is 0 Å². The summed E-state index contributed by atoms with van der Waals surface area (Å²) in [5.41, 5.74) is 2.70. The van der Waals surface area contributed by atoms with Gasteiger partial charge in [-0.05, 0) is 42.7 Å². The minimum atomic E-state index is -0.372. The van der Waals surface area contributed by atoms with E-state index in [2.05, 4.69) is 19.7 Å². The fourth-order valence-electron chi connectivity index (χ4n) is 4.32. The molecule has 2 aromatic carbocycles. The van der Waals surface area contributed by atoms with Crippen molar-refractivity contribution in [3.8, 4) is 34.2 Å². The maximum absolute atomic E-state index is 13.9. The van der Waals surface area contributed by atoms with Gasteiger partial charge in [-0.15, -0.1) is 10.2 Å². The number of benzene rings is 2. The average molecular weight is 434 g/mol. The molecule has 8 heteroatoms. The molecule has 0 saturated carbocycles. The van der Waals surface area contributed by atoms with Gasteiger partial charge in [0.2, 0.25) is 0 Å². The number of halogens is 1. The van der Waals surface area contributed by atoms with Gasteiger partial charge < -0.3 is 18.5 Å². The third-order valence-corrected chi connectivity index (χ3v) is 5.89. The molecule has 0 radical (unpaired) electrons. The first-order valence-electron chi connectivity index (χ1n) is 10.5. The molecule has 1 unspecified atom stereocenters. The van der Waals surface area contributed by atoms with Crippen molar-refractivity contribution in [2.45, 2.75) is 32.2 Å². The largest absolute Gasteiger partial charge is 0.496 e. The summed E-state index contributed by atoms with van der Waals surface area (Å²) in [5, 5.41) is 9.02. The number of hydrogen-bond acceptors (Lipinski definition) is 6. The molecule has 5 rings (SSSR count). The lowest BCUT2D eigenvalue weighted by Gasteiger charge is -2.24. The van der Waals surface area contributed by atoms with Crippen LogP contribution in [0, 0.1) is 12.7 Å². The maximum atomic E-state index is 13.9. The highest BCUT2D eigenvalue weighted by atomic mass is 19.1. The predicted octanol–water partition coefficient (Wildman–Crippen LogP) is 4.99. The van der Waals surface area contributed by atoms with Crippen molar-refractivity contribution in [1.82, 2.24) is 19.7 Å². The molecule has 1 atom stereocenters. The van der Waals surface area contributed by atoms with Crippen LogP contribution in [0.25, 0.3) is 22.7 Å². The first-order chi connectivity index (χ1) is 15.6. The summed E-state index contributed by atoms with van der Waals surface area (Å²) < 4.78 is 32.5. The second-order valence-electron chi connectivity index (χ2n) is 7.78. The zero-order valence-electron chi connectivity index (χ0n) is 18.1. The summed E-state index contributed by atoms with van der Waals surface area (Å²) in [6, 6.07) is 10.9. The highest BCUT2D eigenvalue weighted by molar-refractivity contribution is 5.71. The fourth-order valence-corrected chi connectivity index (χ4v) is 4.32. The summed E-state index contributed by atoms with van der Waals surface area (Å²) in [4.78, 5) is 4.17. The number of aryl methyl sites for hydroxylation is 1. The van der Waals surface area contributed by atoms with Gasteiger partial charge in [0.25, 0.3) is 0 Å². The standard InChI is InChI=1S/C24H23FN4O3/c1-14-26-13-22(32-14)18-8-6-16(12-20(18)30-2)23-27-28-24-17(5-4-10-29(23)24)15-7-9-19(25)21(11-15)31-3/h6-9,11-13,17H,4-5,10H2,1-3H3. The number of aromatic nitrogens is 4. The second-order valence-corrected chi connectivity index (χ2v) is 7.78. The normalized spacial score (nSPS) is 15.4. The first kappa shape index (κ1) is 20.2. The molecular formula is C24H23FN4O3. The average Bonchev–Trinajstić information content (AvgIpc) is 3.45. The Labute approximate surface area is 184 Å². The van der Waals surface area contributed by atoms with E-state index in [0.717, 1.165) is 47.7 Å². The zero-order valence-corrected chi connectivity index (χ0v) is 18.1. The lowest BCUT2D eigenvalue weighted by Crippen LogP contribution is -2.18. The van der Waals surface area contributed by atoms with Gasteiger partial charge >= 0.3 is 0 Å². The Morgan fingerprint density at radius 1 is 1.06 bits per heavy atom. The van der Waals surface area contributed by atoms with Crippen LogP contribution < -0.4 is 9.47 Å². The molecule has 0 bridgehead atoms. The molecule has 0 saturated heterocycles. The van der Waals surface area contributed by atoms with Gasteiger partial charge in [0.05, 0.1) is 26.0 Å². The van der Waals surface area contributed by atoms with Crippen molar-refractivity contribution in [2.75, 3.05) is 14.2 Å². The predicted molar refractivity (Wildman–Crippen MR) is 116 cm³/mol. The molecule has 7 nitrogen and oxygen atoms in total. The van der Waals surface area contributed by atoms with E-state index in [-0.39, 0.29) is 17.5 Å². The summed E-state index contributed by atoms with van der Waals surface area (Å²) in [6.45, 7) is 2.62. The Kier molecular flexibility index (Phi) is 5.13. The van der Waals surface area contributed by atoms with Crippen molar-refractivity contribution in [1.29, 1.82) is 0 Å². The minimum absolute atomic E-state index is 0.0258. The van der Waals surface area contributed by atoms with Crippen molar-refractivity contribution in [3.63, 3.8) is 0 Å². The Balaban J connectivity index is 1.53. The molecule has 1 aliphatic heterocycles. The molecule has 2 aromatic heterocycles. The number of rotatable bonds is 5. The molecule has 0 spiro atoms. The van der Waals surface area contributed by atoms with Crippen LogP contribution in [0.4, 0.5) is 4.39 Å². The van der Waals surface area contributed by atoms with Crippen LogP contribution in [0.2, 0.25) is 0 Å². The molecule has 0 N–H and O–H groups in total. The van der Waals surface area contributed by atoms with E-state index >= 15 is 0 Å². The van der Waals surface area contributed by atoms with Crippen LogP contribution in [0.15, 0.2) is 47.0 Å². The molecule has 0 amide bonds. The van der Waals surface area contributed by atoms with Crippen molar-refractivity contribution in [2.24, 2.45) is 0 Å². The Bertz CT molecular complexity index is 1280. The number of fused-ring (bicyclic) bond motifs is 1. The van der Waals surface area contributed by atoms with Crippen LogP contribution in [0.5, 0.6) is 11.5 Å². The number of hydrogen-bond donors (Lipinski definition) is 0. The number of methoxy groups -OCH3 is 2. The Morgan fingerprint density at radius 3 is 2.66 bits per heavy atom. The van der Waals surface area contributed by atoms with Crippen LogP contribution >= 0.6 is 0 Å². The van der Waals surface area contributed by atoms with E-state index in [0.29, 0.717) is 17.4 Å². The summed E-state index contributed by atoms with van der Waals surface area (Å²) in [7, 11) is 3.10. The highest BCUT2D eigenvalue weighted by Gasteiger charge is 2.28. The van der Waals surface area contributed by atoms with E-state index in [1.54, 1.807) is 32.4 Å². The van der Waals surface area contributed by atoms with E-state index in [9.17, 15) is 4.39 Å². The zero-order chi connectivity index (χ0) is 22.2. The van der Waals surface area contributed by atoms with Crippen LogP contribution in [-0.2, 0) is 6.54 Å². The molecule has 4 aromatic rings. The number of nitrogens with zero attached hydrogens (tertiary/aromatic N) is 4. The summed E-state index contributed by atoms with van der Waals surface area (Å²) >= 11 is 0. The van der Waals surface area contributed by atoms with E-state index in [1.165, 1.54) is 13.2 Å². The highest BCUT2D eigenvalue weighted by Crippen LogP contribution is 2.38. The first-order valence-corrected chi connectivity index (χ1v) is 10.5. The smallest absolute Gasteiger partial charge is 0.191 e. The SMILES string of the molecule is COc1cc(C2CCCn3c(-c4ccc(-c5cnc(C)o5)c(OC)c4)nnc32)ccc1F. The topological polar surface area (TPSA) is 75.2 Å². The molecule has 164 valence electrons. The van der Waals surface area contributed by atoms with Gasteiger partial charge in [-0.2, -0.15) is 0 Å². The van der Waals surface area contributed by atoms with Gasteiger partial charge in [-0.1, -0.05) is 12.1 Å². The van der Waals surface area contributed by atoms with E-state index in [4.69, 9.17) is 13.9 Å². The Morgan fingerprint density at radius 2 is 1.91 bits per heavy atom. The van der Waals surface area contributed by atoms with Gasteiger partial charge in [0.15, 0.2) is 29.0 Å². The quantitative estimate of drug-likeness (QED) is 0.441. The maximum Gasteiger partial charge on any atom is 0.191 e. The van der Waals surface area contributed by atoms with Gasteiger partial charge in [-0.25, -0.2) is 9.37 Å². The van der Waals surface area contributed by atoms with Gasteiger partial charge in [0.1, 0.15) is 11.6 Å². The third kappa shape index (κ3) is 3.41. The summed E-state index contributed by atoms with van der Waals surface area (Å²) in [6.07, 6.45) is 3.57. The van der Waals surface area contributed by atoms with Crippen molar-refractivity contribution < 1.29 is 18.3 Å². The Hall–Kier alpha value is -3.68. The van der Waals surface area contributed by atoms with Gasteiger partial charge in [0, 0.05) is 24.9 Å².